The number of aryl methyl sites for hydroxylation is 2. The van der Waals surface area contributed by atoms with Crippen molar-refractivity contribution in [1.29, 1.82) is 0 Å². The average Bonchev–Trinajstić information content (AvgIpc) is 2.61. The number of hydrogen-bond donors (Lipinski definition) is 2. The quantitative estimate of drug-likeness (QED) is 0.795. The van der Waals surface area contributed by atoms with E-state index >= 15 is 0 Å². The zero-order valence-corrected chi connectivity index (χ0v) is 15.8. The molecule has 0 bridgehead atoms. The average molecular weight is 397 g/mol. The van der Waals surface area contributed by atoms with E-state index in [0.717, 1.165) is 41.5 Å². The highest BCUT2D eigenvalue weighted by molar-refractivity contribution is 5.85. The number of halogens is 3. The van der Waals surface area contributed by atoms with E-state index in [9.17, 15) is 13.6 Å². The van der Waals surface area contributed by atoms with E-state index in [1.54, 1.807) is 12.1 Å². The molecular formula is C20H23ClF2N2O2. The first-order valence-electron chi connectivity index (χ1n) is 8.64. The van der Waals surface area contributed by atoms with Gasteiger partial charge in [0.25, 0.3) is 0 Å². The minimum atomic E-state index is -2.85. The molecular weight excluding hydrogens is 374 g/mol. The van der Waals surface area contributed by atoms with Gasteiger partial charge in [-0.2, -0.15) is 8.78 Å². The number of ether oxygens (including phenoxy) is 1. The van der Waals surface area contributed by atoms with Crippen molar-refractivity contribution in [3.8, 4) is 5.75 Å². The van der Waals surface area contributed by atoms with Crippen LogP contribution in [0.1, 0.15) is 47.2 Å². The van der Waals surface area contributed by atoms with Crippen LogP contribution in [-0.4, -0.2) is 12.5 Å². The Labute approximate surface area is 163 Å². The molecule has 0 spiro atoms. The Morgan fingerprint density at radius 3 is 2.59 bits per heavy atom. The molecule has 1 aliphatic rings. The molecule has 2 aromatic carbocycles. The van der Waals surface area contributed by atoms with Gasteiger partial charge in [-0.15, -0.1) is 12.4 Å². The Balaban J connectivity index is 0.00000261. The van der Waals surface area contributed by atoms with E-state index in [2.05, 4.69) is 10.1 Å². The summed E-state index contributed by atoms with van der Waals surface area (Å²) in [6, 6.07) is 11.5. The minimum Gasteiger partial charge on any atom is -0.435 e. The van der Waals surface area contributed by atoms with E-state index in [-0.39, 0.29) is 30.1 Å². The van der Waals surface area contributed by atoms with Gasteiger partial charge < -0.3 is 15.8 Å². The summed E-state index contributed by atoms with van der Waals surface area (Å²) in [5, 5.41) is 3.00. The second-order valence-electron chi connectivity index (χ2n) is 6.58. The van der Waals surface area contributed by atoms with Crippen molar-refractivity contribution >= 4 is 18.3 Å². The molecule has 1 amide bonds. The highest BCUT2D eigenvalue weighted by Gasteiger charge is 2.25. The lowest BCUT2D eigenvalue weighted by molar-refractivity contribution is -0.123. The summed E-state index contributed by atoms with van der Waals surface area (Å²) in [5.74, 6) is -0.110. The maximum absolute atomic E-state index is 12.6. The molecule has 0 aliphatic heterocycles. The first kappa shape index (κ1) is 21.1. The molecule has 2 aromatic rings. The van der Waals surface area contributed by atoms with Crippen LogP contribution in [0.4, 0.5) is 8.78 Å². The third-order valence-corrected chi connectivity index (χ3v) is 4.69. The monoisotopic (exact) mass is 396 g/mol. The van der Waals surface area contributed by atoms with Gasteiger partial charge in [0, 0.05) is 0 Å². The second kappa shape index (κ2) is 9.15. The SMILES string of the molecule is Cc1ccc(C(N)C(=O)NC2CCCc3cc(OC(F)F)ccc32)cc1.Cl. The van der Waals surface area contributed by atoms with Gasteiger partial charge >= 0.3 is 6.61 Å². The molecule has 0 aromatic heterocycles. The maximum Gasteiger partial charge on any atom is 0.387 e. The topological polar surface area (TPSA) is 64.4 Å². The Kier molecular flexibility index (Phi) is 7.16. The zero-order chi connectivity index (χ0) is 18.7. The van der Waals surface area contributed by atoms with Gasteiger partial charge in [-0.25, -0.2) is 0 Å². The van der Waals surface area contributed by atoms with Gasteiger partial charge in [0.15, 0.2) is 0 Å². The molecule has 3 rings (SSSR count). The normalized spacial score (nSPS) is 16.9. The van der Waals surface area contributed by atoms with Gasteiger partial charge in [-0.3, -0.25) is 4.79 Å². The van der Waals surface area contributed by atoms with Crippen LogP contribution in [0.2, 0.25) is 0 Å². The molecule has 0 radical (unpaired) electrons. The van der Waals surface area contributed by atoms with Crippen LogP contribution in [-0.2, 0) is 11.2 Å². The smallest absolute Gasteiger partial charge is 0.387 e. The summed E-state index contributed by atoms with van der Waals surface area (Å²) in [4.78, 5) is 12.6. The van der Waals surface area contributed by atoms with E-state index in [1.807, 2.05) is 31.2 Å². The van der Waals surface area contributed by atoms with Crippen molar-refractivity contribution in [2.45, 2.75) is 44.9 Å². The Morgan fingerprint density at radius 1 is 1.22 bits per heavy atom. The summed E-state index contributed by atoms with van der Waals surface area (Å²) in [6.45, 7) is -0.875. The third-order valence-electron chi connectivity index (χ3n) is 4.69. The third kappa shape index (κ3) is 5.17. The van der Waals surface area contributed by atoms with Crippen molar-refractivity contribution in [3.05, 3.63) is 64.7 Å². The Bertz CT molecular complexity index is 784. The number of nitrogens with two attached hydrogens (primary N) is 1. The van der Waals surface area contributed by atoms with Crippen molar-refractivity contribution in [2.24, 2.45) is 5.73 Å². The van der Waals surface area contributed by atoms with E-state index in [1.165, 1.54) is 6.07 Å². The lowest BCUT2D eigenvalue weighted by Crippen LogP contribution is -2.37. The number of amides is 1. The van der Waals surface area contributed by atoms with Crippen LogP contribution in [0.3, 0.4) is 0 Å². The number of rotatable bonds is 5. The van der Waals surface area contributed by atoms with Gasteiger partial charge in [0.1, 0.15) is 11.8 Å². The molecule has 2 unspecified atom stereocenters. The summed E-state index contributed by atoms with van der Waals surface area (Å²) >= 11 is 0. The fourth-order valence-electron chi connectivity index (χ4n) is 3.30. The van der Waals surface area contributed by atoms with Crippen LogP contribution in [0.5, 0.6) is 5.75 Å². The molecule has 1 aliphatic carbocycles. The van der Waals surface area contributed by atoms with Crippen molar-refractivity contribution in [3.63, 3.8) is 0 Å². The summed E-state index contributed by atoms with van der Waals surface area (Å²) in [5.41, 5.74) is 9.80. The Morgan fingerprint density at radius 2 is 1.93 bits per heavy atom. The summed E-state index contributed by atoms with van der Waals surface area (Å²) < 4.78 is 29.2. The molecule has 0 heterocycles. The van der Waals surface area contributed by atoms with Crippen LogP contribution in [0.15, 0.2) is 42.5 Å². The highest BCUT2D eigenvalue weighted by atomic mass is 35.5. The summed E-state index contributed by atoms with van der Waals surface area (Å²) in [7, 11) is 0. The van der Waals surface area contributed by atoms with E-state index in [0.29, 0.717) is 0 Å². The number of carbonyl (C=O) groups is 1. The van der Waals surface area contributed by atoms with E-state index < -0.39 is 12.7 Å². The van der Waals surface area contributed by atoms with Crippen molar-refractivity contribution < 1.29 is 18.3 Å². The molecule has 0 fully saturated rings. The minimum absolute atomic E-state index is 0. The van der Waals surface area contributed by atoms with Gasteiger partial charge in [-0.1, -0.05) is 35.9 Å². The molecule has 7 heteroatoms. The lowest BCUT2D eigenvalue weighted by atomic mass is 9.87. The highest BCUT2D eigenvalue weighted by Crippen LogP contribution is 2.33. The first-order valence-corrected chi connectivity index (χ1v) is 8.64. The molecule has 146 valence electrons. The molecule has 0 saturated carbocycles. The number of alkyl halides is 2. The number of carbonyl (C=O) groups excluding carboxylic acids is 1. The van der Waals surface area contributed by atoms with Crippen molar-refractivity contribution in [1.82, 2.24) is 5.32 Å². The van der Waals surface area contributed by atoms with Gasteiger partial charge in [0.05, 0.1) is 6.04 Å². The fraction of sp³-hybridized carbons (Fsp3) is 0.350. The standard InChI is InChI=1S/C20H22F2N2O2.ClH/c1-12-5-7-13(8-6-12)18(23)19(25)24-17-4-2-3-14-11-15(26-20(21)22)9-10-16(14)17;/h5-11,17-18,20H,2-4,23H2,1H3,(H,24,25);1H. The zero-order valence-electron chi connectivity index (χ0n) is 15.0. The predicted octanol–water partition coefficient (Wildman–Crippen LogP) is 4.21. The van der Waals surface area contributed by atoms with Crippen LogP contribution < -0.4 is 15.8 Å². The van der Waals surface area contributed by atoms with Gasteiger partial charge in [0.2, 0.25) is 5.91 Å². The lowest BCUT2D eigenvalue weighted by Gasteiger charge is -2.28. The molecule has 3 N–H and O–H groups in total. The maximum atomic E-state index is 12.6. The number of nitrogens with one attached hydrogen (secondary N) is 1. The summed E-state index contributed by atoms with van der Waals surface area (Å²) in [6.07, 6.45) is 2.41. The van der Waals surface area contributed by atoms with Crippen molar-refractivity contribution in [2.75, 3.05) is 0 Å². The van der Waals surface area contributed by atoms with Gasteiger partial charge in [-0.05, 0) is 55.0 Å². The van der Waals surface area contributed by atoms with Crippen LogP contribution in [0.25, 0.3) is 0 Å². The molecule has 2 atom stereocenters. The largest absolute Gasteiger partial charge is 0.435 e. The van der Waals surface area contributed by atoms with Crippen LogP contribution in [0, 0.1) is 6.92 Å². The number of benzene rings is 2. The number of hydrogen-bond acceptors (Lipinski definition) is 3. The second-order valence-corrected chi connectivity index (χ2v) is 6.58. The van der Waals surface area contributed by atoms with Crippen LogP contribution >= 0.6 is 12.4 Å². The fourth-order valence-corrected chi connectivity index (χ4v) is 3.30. The predicted molar refractivity (Wildman–Crippen MR) is 102 cm³/mol. The molecule has 27 heavy (non-hydrogen) atoms. The van der Waals surface area contributed by atoms with E-state index in [4.69, 9.17) is 5.73 Å². The molecule has 0 saturated heterocycles. The first-order chi connectivity index (χ1) is 12.4. The Hall–Kier alpha value is -2.18. The number of fused-ring (bicyclic) bond motifs is 1. The molecule has 4 nitrogen and oxygen atoms in total.